The second-order valence-electron chi connectivity index (χ2n) is 4.40. The number of thiophene rings is 1. The summed E-state index contributed by atoms with van der Waals surface area (Å²) in [5.74, 6) is 1.44. The van der Waals surface area contributed by atoms with E-state index < -0.39 is 6.10 Å². The average Bonchev–Trinajstić information content (AvgIpc) is 2.84. The molecule has 3 rings (SSSR count). The first-order valence-corrected chi connectivity index (χ1v) is 7.56. The van der Waals surface area contributed by atoms with E-state index in [1.165, 1.54) is 0 Å². The highest BCUT2D eigenvalue weighted by Gasteiger charge is 2.29. The van der Waals surface area contributed by atoms with Crippen molar-refractivity contribution in [3.05, 3.63) is 44.6 Å². The van der Waals surface area contributed by atoms with Gasteiger partial charge in [-0.1, -0.05) is 0 Å². The summed E-state index contributed by atoms with van der Waals surface area (Å²) < 4.78 is 12.3. The normalized spacial score (nSPS) is 21.6. The van der Waals surface area contributed by atoms with Gasteiger partial charge in [0, 0.05) is 22.9 Å². The number of aliphatic hydroxyl groups is 1. The van der Waals surface area contributed by atoms with Crippen molar-refractivity contribution in [1.82, 2.24) is 0 Å². The maximum absolute atomic E-state index is 10.2. The largest absolute Gasteiger partial charge is 0.497 e. The third-order valence-electron chi connectivity index (χ3n) is 3.20. The Hall–Kier alpha value is -1.04. The second-order valence-corrected chi connectivity index (χ2v) is 6.90. The van der Waals surface area contributed by atoms with Gasteiger partial charge in [-0.2, -0.15) is 0 Å². The van der Waals surface area contributed by atoms with Gasteiger partial charge in [-0.15, -0.1) is 11.3 Å². The van der Waals surface area contributed by atoms with Gasteiger partial charge >= 0.3 is 0 Å². The summed E-state index contributed by atoms with van der Waals surface area (Å²) in [5.41, 5.74) is 0.827. The molecule has 1 aromatic carbocycles. The molecule has 1 aliphatic rings. The number of hydrogen-bond acceptors (Lipinski definition) is 4. The molecule has 0 aliphatic carbocycles. The van der Waals surface area contributed by atoms with Gasteiger partial charge in [0.1, 0.15) is 17.6 Å². The highest BCUT2D eigenvalue weighted by atomic mass is 79.9. The molecule has 0 fully saturated rings. The SMILES string of the molecule is COc1ccc2c(c1)OC(c1ccc(Br)s1)CC2O. The molecule has 3 nitrogen and oxygen atoms in total. The molecule has 100 valence electrons. The van der Waals surface area contributed by atoms with Gasteiger partial charge in [0.05, 0.1) is 17.0 Å². The van der Waals surface area contributed by atoms with Crippen LogP contribution in [0.2, 0.25) is 0 Å². The fraction of sp³-hybridized carbons (Fsp3) is 0.286. The Morgan fingerprint density at radius 3 is 2.89 bits per heavy atom. The molecule has 0 amide bonds. The Bertz CT molecular complexity index is 596. The highest BCUT2D eigenvalue weighted by molar-refractivity contribution is 9.11. The van der Waals surface area contributed by atoms with Crippen molar-refractivity contribution in [2.24, 2.45) is 0 Å². The van der Waals surface area contributed by atoms with Gasteiger partial charge in [-0.05, 0) is 40.2 Å². The lowest BCUT2D eigenvalue weighted by atomic mass is 9.98. The lowest BCUT2D eigenvalue weighted by molar-refractivity contribution is 0.0672. The van der Waals surface area contributed by atoms with Gasteiger partial charge < -0.3 is 14.6 Å². The second kappa shape index (κ2) is 5.15. The smallest absolute Gasteiger partial charge is 0.136 e. The molecule has 0 saturated heterocycles. The molecule has 19 heavy (non-hydrogen) atoms. The molecule has 1 aliphatic heterocycles. The number of rotatable bonds is 2. The van der Waals surface area contributed by atoms with Crippen LogP contribution in [0.1, 0.15) is 29.1 Å². The van der Waals surface area contributed by atoms with Crippen LogP contribution in [0.15, 0.2) is 34.1 Å². The molecule has 0 spiro atoms. The standard InChI is InChI=1S/C14H13BrO3S/c1-17-8-2-3-9-10(16)7-12(18-11(9)6-8)13-4-5-14(15)19-13/h2-6,10,12,16H,7H2,1H3. The Morgan fingerprint density at radius 1 is 1.37 bits per heavy atom. The number of benzene rings is 1. The minimum Gasteiger partial charge on any atom is -0.497 e. The van der Waals surface area contributed by atoms with Crippen molar-refractivity contribution in [1.29, 1.82) is 0 Å². The fourth-order valence-electron chi connectivity index (χ4n) is 2.23. The van der Waals surface area contributed by atoms with E-state index in [1.54, 1.807) is 18.4 Å². The van der Waals surface area contributed by atoms with Crippen molar-refractivity contribution >= 4 is 27.3 Å². The van der Waals surface area contributed by atoms with Crippen LogP contribution in [0.3, 0.4) is 0 Å². The molecule has 1 N–H and O–H groups in total. The van der Waals surface area contributed by atoms with E-state index in [4.69, 9.17) is 9.47 Å². The van der Waals surface area contributed by atoms with Crippen molar-refractivity contribution < 1.29 is 14.6 Å². The number of methoxy groups -OCH3 is 1. The molecule has 0 saturated carbocycles. The first-order chi connectivity index (χ1) is 9.17. The van der Waals surface area contributed by atoms with E-state index in [0.29, 0.717) is 12.2 Å². The number of aliphatic hydroxyl groups excluding tert-OH is 1. The minimum atomic E-state index is -0.500. The first kappa shape index (κ1) is 13.0. The third kappa shape index (κ3) is 2.50. The molecule has 0 radical (unpaired) electrons. The lowest BCUT2D eigenvalue weighted by Crippen LogP contribution is -2.18. The van der Waals surface area contributed by atoms with Crippen LogP contribution in [0.5, 0.6) is 11.5 Å². The van der Waals surface area contributed by atoms with Crippen LogP contribution in [-0.4, -0.2) is 12.2 Å². The number of hydrogen-bond donors (Lipinski definition) is 1. The Kier molecular flexibility index (Phi) is 3.52. The molecule has 2 heterocycles. The van der Waals surface area contributed by atoms with E-state index in [1.807, 2.05) is 30.3 Å². The van der Waals surface area contributed by atoms with Crippen molar-refractivity contribution in [3.8, 4) is 11.5 Å². The highest BCUT2D eigenvalue weighted by Crippen LogP contribution is 2.44. The van der Waals surface area contributed by atoms with Crippen LogP contribution in [0.4, 0.5) is 0 Å². The van der Waals surface area contributed by atoms with E-state index in [0.717, 1.165) is 20.0 Å². The van der Waals surface area contributed by atoms with Crippen LogP contribution in [0, 0.1) is 0 Å². The zero-order valence-corrected chi connectivity index (χ0v) is 12.7. The van der Waals surface area contributed by atoms with Gasteiger partial charge in [-0.3, -0.25) is 0 Å². The lowest BCUT2D eigenvalue weighted by Gasteiger charge is -2.29. The summed E-state index contributed by atoms with van der Waals surface area (Å²) in [7, 11) is 1.62. The van der Waals surface area contributed by atoms with E-state index in [2.05, 4.69) is 15.9 Å². The van der Waals surface area contributed by atoms with Crippen LogP contribution in [0.25, 0.3) is 0 Å². The molecule has 1 aromatic heterocycles. The number of fused-ring (bicyclic) bond motifs is 1. The molecule has 5 heteroatoms. The molecular weight excluding hydrogens is 328 g/mol. The predicted octanol–water partition coefficient (Wildman–Crippen LogP) is 4.08. The topological polar surface area (TPSA) is 38.7 Å². The minimum absolute atomic E-state index is 0.106. The summed E-state index contributed by atoms with van der Waals surface area (Å²) in [6.45, 7) is 0. The van der Waals surface area contributed by atoms with Crippen molar-refractivity contribution in [3.63, 3.8) is 0 Å². The predicted molar refractivity (Wildman–Crippen MR) is 78.0 cm³/mol. The van der Waals surface area contributed by atoms with E-state index >= 15 is 0 Å². The summed E-state index contributed by atoms with van der Waals surface area (Å²) in [4.78, 5) is 1.11. The maximum Gasteiger partial charge on any atom is 0.136 e. The van der Waals surface area contributed by atoms with Crippen LogP contribution < -0.4 is 9.47 Å². The number of ether oxygens (including phenoxy) is 2. The quantitative estimate of drug-likeness (QED) is 0.895. The first-order valence-electron chi connectivity index (χ1n) is 5.95. The third-order valence-corrected chi connectivity index (χ3v) is 4.91. The number of halogens is 1. The van der Waals surface area contributed by atoms with Crippen LogP contribution in [-0.2, 0) is 0 Å². The fourth-order valence-corrected chi connectivity index (χ4v) is 3.69. The molecular formula is C14H13BrO3S. The van der Waals surface area contributed by atoms with Gasteiger partial charge in [0.15, 0.2) is 0 Å². The van der Waals surface area contributed by atoms with Crippen molar-refractivity contribution in [2.75, 3.05) is 7.11 Å². The summed E-state index contributed by atoms with van der Waals surface area (Å²) in [6.07, 6.45) is -0.0295. The van der Waals surface area contributed by atoms with Crippen molar-refractivity contribution in [2.45, 2.75) is 18.6 Å². The monoisotopic (exact) mass is 340 g/mol. The molecule has 2 aromatic rings. The molecule has 2 atom stereocenters. The van der Waals surface area contributed by atoms with Gasteiger partial charge in [0.2, 0.25) is 0 Å². The van der Waals surface area contributed by atoms with E-state index in [-0.39, 0.29) is 6.10 Å². The van der Waals surface area contributed by atoms with Crippen LogP contribution >= 0.6 is 27.3 Å². The zero-order chi connectivity index (χ0) is 13.4. The molecule has 2 unspecified atom stereocenters. The summed E-state index contributed by atoms with van der Waals surface area (Å²) in [6, 6.07) is 9.55. The Balaban J connectivity index is 1.93. The summed E-state index contributed by atoms with van der Waals surface area (Å²) >= 11 is 5.08. The zero-order valence-electron chi connectivity index (χ0n) is 10.3. The van der Waals surface area contributed by atoms with E-state index in [9.17, 15) is 5.11 Å². The van der Waals surface area contributed by atoms with Gasteiger partial charge in [-0.25, -0.2) is 0 Å². The Morgan fingerprint density at radius 2 is 2.21 bits per heavy atom. The summed E-state index contributed by atoms with van der Waals surface area (Å²) in [5, 5.41) is 10.2. The maximum atomic E-state index is 10.2. The molecule has 0 bridgehead atoms. The van der Waals surface area contributed by atoms with Gasteiger partial charge in [0.25, 0.3) is 0 Å². The Labute approximate surface area is 123 Å². The average molecular weight is 341 g/mol.